The van der Waals surface area contributed by atoms with Gasteiger partial charge in [0, 0.05) is 16.9 Å². The first kappa shape index (κ1) is 14.1. The molecule has 0 saturated carbocycles. The molecule has 1 rings (SSSR count). The molecule has 0 aliphatic rings. The fourth-order valence-corrected chi connectivity index (χ4v) is 2.24. The molecule has 1 aromatic heterocycles. The van der Waals surface area contributed by atoms with Crippen molar-refractivity contribution in [2.75, 3.05) is 10.7 Å². The van der Waals surface area contributed by atoms with Crippen LogP contribution in [0.25, 0.3) is 0 Å². The second-order valence-corrected chi connectivity index (χ2v) is 4.95. The Morgan fingerprint density at radius 3 is 2.59 bits per heavy atom. The van der Waals surface area contributed by atoms with Gasteiger partial charge in [0.2, 0.25) is 0 Å². The van der Waals surface area contributed by atoms with Crippen LogP contribution in [-0.2, 0) is 0 Å². The summed E-state index contributed by atoms with van der Waals surface area (Å²) < 4.78 is 0. The Morgan fingerprint density at radius 1 is 1.53 bits per heavy atom. The third kappa shape index (κ3) is 3.79. The Labute approximate surface area is 117 Å². The van der Waals surface area contributed by atoms with Gasteiger partial charge in [0.1, 0.15) is 11.8 Å². The molecule has 0 fully saturated rings. The number of aromatic nitrogens is 1. The first-order valence-electron chi connectivity index (χ1n) is 4.85. The summed E-state index contributed by atoms with van der Waals surface area (Å²) in [4.78, 5) is 15.8. The molecular weight excluding hydrogens is 350 g/mol. The lowest BCUT2D eigenvalue weighted by Crippen LogP contribution is -2.49. The van der Waals surface area contributed by atoms with Gasteiger partial charge in [0.25, 0.3) is 5.91 Å². The van der Waals surface area contributed by atoms with Crippen LogP contribution >= 0.6 is 31.9 Å². The third-order valence-corrected chi connectivity index (χ3v) is 4.61. The van der Waals surface area contributed by atoms with Crippen LogP contribution in [0.3, 0.4) is 0 Å². The van der Waals surface area contributed by atoms with Gasteiger partial charge in [0.05, 0.1) is 11.1 Å². The van der Waals surface area contributed by atoms with E-state index in [0.29, 0.717) is 21.9 Å². The van der Waals surface area contributed by atoms with Crippen LogP contribution in [0, 0.1) is 11.3 Å². The number of alkyl halides is 2. The minimum atomic E-state index is -0.368. The number of carbonyl (C=O) groups excluding carboxylic acids is 1. The van der Waals surface area contributed by atoms with E-state index in [1.807, 2.05) is 13.0 Å². The van der Waals surface area contributed by atoms with E-state index in [9.17, 15) is 4.79 Å². The van der Waals surface area contributed by atoms with Crippen molar-refractivity contribution in [2.24, 2.45) is 0 Å². The van der Waals surface area contributed by atoms with Gasteiger partial charge >= 0.3 is 0 Å². The molecule has 6 heteroatoms. The van der Waals surface area contributed by atoms with E-state index in [1.165, 1.54) is 12.3 Å². The average molecular weight is 361 g/mol. The summed E-state index contributed by atoms with van der Waals surface area (Å²) in [6.45, 7) is 1.91. The zero-order chi connectivity index (χ0) is 12.9. The van der Waals surface area contributed by atoms with Crippen molar-refractivity contribution < 1.29 is 4.79 Å². The molecule has 0 spiro atoms. The maximum atomic E-state index is 11.9. The fraction of sp³-hybridized carbons (Fsp3) is 0.364. The summed E-state index contributed by atoms with van der Waals surface area (Å²) in [5.41, 5.74) is 0.370. The molecule has 1 amide bonds. The fourth-order valence-electron chi connectivity index (χ4n) is 1.03. The van der Waals surface area contributed by atoms with Crippen LogP contribution in [-0.4, -0.2) is 27.1 Å². The molecule has 1 heterocycles. The van der Waals surface area contributed by atoms with E-state index >= 15 is 0 Å². The van der Waals surface area contributed by atoms with Gasteiger partial charge in [-0.15, -0.1) is 0 Å². The van der Waals surface area contributed by atoms with E-state index in [1.54, 1.807) is 6.07 Å². The van der Waals surface area contributed by atoms with E-state index in [2.05, 4.69) is 42.2 Å². The standard InChI is InChI=1S/C11H11Br2N3O/c1-11(6-12,7-13)16-10(17)9-3-2-8(4-14)5-15-9/h2-3,5H,6-7H2,1H3,(H,16,17). The van der Waals surface area contributed by atoms with Gasteiger partial charge in [-0.25, -0.2) is 4.98 Å². The molecule has 1 aromatic rings. The molecule has 0 unspecified atom stereocenters. The van der Waals surface area contributed by atoms with Gasteiger partial charge < -0.3 is 5.32 Å². The number of hydrogen-bond acceptors (Lipinski definition) is 3. The van der Waals surface area contributed by atoms with Crippen LogP contribution in [0.1, 0.15) is 23.0 Å². The highest BCUT2D eigenvalue weighted by atomic mass is 79.9. The summed E-state index contributed by atoms with van der Waals surface area (Å²) in [5, 5.41) is 12.8. The third-order valence-electron chi connectivity index (χ3n) is 2.13. The zero-order valence-electron chi connectivity index (χ0n) is 9.20. The number of halogens is 2. The number of rotatable bonds is 4. The van der Waals surface area contributed by atoms with Gasteiger partial charge in [-0.05, 0) is 19.1 Å². The second-order valence-electron chi connectivity index (χ2n) is 3.83. The van der Waals surface area contributed by atoms with Gasteiger partial charge in [-0.2, -0.15) is 5.26 Å². The Balaban J connectivity index is 2.80. The van der Waals surface area contributed by atoms with E-state index < -0.39 is 0 Å². The number of hydrogen-bond donors (Lipinski definition) is 1. The van der Waals surface area contributed by atoms with Crippen LogP contribution < -0.4 is 5.32 Å². The summed E-state index contributed by atoms with van der Waals surface area (Å²) in [5.74, 6) is -0.254. The molecule has 0 aliphatic carbocycles. The lowest BCUT2D eigenvalue weighted by atomic mass is 10.1. The predicted octanol–water partition coefficient (Wildman–Crippen LogP) is 2.23. The smallest absolute Gasteiger partial charge is 0.270 e. The number of carbonyl (C=O) groups is 1. The second kappa shape index (κ2) is 6.12. The number of nitrogens with one attached hydrogen (secondary N) is 1. The monoisotopic (exact) mass is 359 g/mol. The lowest BCUT2D eigenvalue weighted by molar-refractivity contribution is 0.0918. The number of nitriles is 1. The minimum absolute atomic E-state index is 0.254. The maximum absolute atomic E-state index is 11.9. The normalized spacial score (nSPS) is 10.7. The first-order chi connectivity index (χ1) is 8.04. The van der Waals surface area contributed by atoms with E-state index in [0.717, 1.165) is 0 Å². The SMILES string of the molecule is CC(CBr)(CBr)NC(=O)c1ccc(C#N)cn1. The highest BCUT2D eigenvalue weighted by molar-refractivity contribution is 9.09. The summed E-state index contributed by atoms with van der Waals surface area (Å²) in [7, 11) is 0. The maximum Gasteiger partial charge on any atom is 0.270 e. The van der Waals surface area contributed by atoms with Crippen molar-refractivity contribution in [2.45, 2.75) is 12.5 Å². The molecule has 90 valence electrons. The van der Waals surface area contributed by atoms with E-state index in [-0.39, 0.29) is 11.4 Å². The van der Waals surface area contributed by atoms with Gasteiger partial charge in [-0.3, -0.25) is 4.79 Å². The van der Waals surface area contributed by atoms with Crippen molar-refractivity contribution in [1.29, 1.82) is 5.26 Å². The van der Waals surface area contributed by atoms with Gasteiger partial charge in [-0.1, -0.05) is 31.9 Å². The predicted molar refractivity (Wildman–Crippen MR) is 72.4 cm³/mol. The molecular formula is C11H11Br2N3O. The Morgan fingerprint density at radius 2 is 2.18 bits per heavy atom. The summed E-state index contributed by atoms with van der Waals surface area (Å²) >= 11 is 6.70. The van der Waals surface area contributed by atoms with Crippen molar-refractivity contribution in [3.05, 3.63) is 29.6 Å². The topological polar surface area (TPSA) is 65.8 Å². The number of nitrogens with zero attached hydrogens (tertiary/aromatic N) is 2. The Bertz CT molecular complexity index is 435. The molecule has 0 saturated heterocycles. The van der Waals surface area contributed by atoms with Crippen LogP contribution in [0.15, 0.2) is 18.3 Å². The van der Waals surface area contributed by atoms with Crippen LogP contribution in [0.4, 0.5) is 0 Å². The van der Waals surface area contributed by atoms with Crippen molar-refractivity contribution in [3.63, 3.8) is 0 Å². The molecule has 0 aromatic carbocycles. The molecule has 1 N–H and O–H groups in total. The first-order valence-corrected chi connectivity index (χ1v) is 7.09. The number of pyridine rings is 1. The Kier molecular flexibility index (Phi) is 5.09. The van der Waals surface area contributed by atoms with Crippen molar-refractivity contribution >= 4 is 37.8 Å². The largest absolute Gasteiger partial charge is 0.344 e. The average Bonchev–Trinajstić information content (AvgIpc) is 2.38. The molecule has 0 atom stereocenters. The highest BCUT2D eigenvalue weighted by Gasteiger charge is 2.24. The van der Waals surface area contributed by atoms with Crippen molar-refractivity contribution in [3.8, 4) is 6.07 Å². The zero-order valence-corrected chi connectivity index (χ0v) is 12.4. The van der Waals surface area contributed by atoms with Crippen molar-refractivity contribution in [1.82, 2.24) is 10.3 Å². The summed E-state index contributed by atoms with van der Waals surface area (Å²) in [6.07, 6.45) is 1.38. The van der Waals surface area contributed by atoms with Crippen LogP contribution in [0.5, 0.6) is 0 Å². The quantitative estimate of drug-likeness (QED) is 0.837. The molecule has 17 heavy (non-hydrogen) atoms. The summed E-state index contributed by atoms with van der Waals surface area (Å²) in [6, 6.07) is 5.06. The van der Waals surface area contributed by atoms with Gasteiger partial charge in [0.15, 0.2) is 0 Å². The lowest BCUT2D eigenvalue weighted by Gasteiger charge is -2.26. The number of amides is 1. The highest BCUT2D eigenvalue weighted by Crippen LogP contribution is 2.12. The molecule has 0 aliphatic heterocycles. The Hall–Kier alpha value is -0.930. The molecule has 4 nitrogen and oxygen atoms in total. The van der Waals surface area contributed by atoms with Crippen LogP contribution in [0.2, 0.25) is 0 Å². The molecule has 0 bridgehead atoms. The molecule has 0 radical (unpaired) electrons. The minimum Gasteiger partial charge on any atom is -0.344 e. The van der Waals surface area contributed by atoms with E-state index in [4.69, 9.17) is 5.26 Å².